The van der Waals surface area contributed by atoms with Crippen LogP contribution in [0, 0.1) is 0 Å². The number of piperazine rings is 1. The van der Waals surface area contributed by atoms with Crippen LogP contribution in [-0.4, -0.2) is 76.7 Å². The van der Waals surface area contributed by atoms with Gasteiger partial charge in [-0.3, -0.25) is 4.99 Å². The third-order valence-electron chi connectivity index (χ3n) is 4.96. The van der Waals surface area contributed by atoms with E-state index < -0.39 is 10.0 Å². The molecule has 172 valence electrons. The summed E-state index contributed by atoms with van der Waals surface area (Å²) in [5.41, 5.74) is 1.45. The predicted molar refractivity (Wildman–Crippen MR) is 129 cm³/mol. The van der Waals surface area contributed by atoms with Gasteiger partial charge in [-0.1, -0.05) is 5.16 Å². The largest absolute Gasteiger partial charge is 0.364 e. The number of sulfonamides is 1. The van der Waals surface area contributed by atoms with E-state index in [1.165, 1.54) is 10.6 Å². The van der Waals surface area contributed by atoms with Crippen molar-refractivity contribution in [3.8, 4) is 5.82 Å². The van der Waals surface area contributed by atoms with E-state index in [4.69, 9.17) is 4.52 Å². The van der Waals surface area contributed by atoms with E-state index in [1.807, 2.05) is 24.4 Å². The molecule has 1 aliphatic heterocycles. The average molecular weight is 572 g/mol. The van der Waals surface area contributed by atoms with Gasteiger partial charge in [-0.25, -0.2) is 18.1 Å². The normalized spacial score (nSPS) is 15.4. The zero-order valence-electron chi connectivity index (χ0n) is 17.5. The van der Waals surface area contributed by atoms with E-state index in [1.54, 1.807) is 30.2 Å². The molecule has 3 aromatic heterocycles. The summed E-state index contributed by atoms with van der Waals surface area (Å²) in [7, 11) is -1.72. The van der Waals surface area contributed by atoms with Gasteiger partial charge in [0.15, 0.2) is 11.8 Å². The van der Waals surface area contributed by atoms with E-state index >= 15 is 0 Å². The highest BCUT2D eigenvalue weighted by molar-refractivity contribution is 14.0. The molecule has 4 heterocycles. The number of halogens is 1. The first-order chi connectivity index (χ1) is 15.0. The molecule has 1 aliphatic rings. The van der Waals surface area contributed by atoms with Crippen LogP contribution in [0.1, 0.15) is 11.3 Å². The molecule has 11 nitrogen and oxygen atoms in total. The van der Waals surface area contributed by atoms with E-state index in [2.05, 4.69) is 30.4 Å². The van der Waals surface area contributed by atoms with Gasteiger partial charge in [-0.2, -0.15) is 9.40 Å². The van der Waals surface area contributed by atoms with Crippen molar-refractivity contribution in [2.45, 2.75) is 12.3 Å². The lowest BCUT2D eigenvalue weighted by molar-refractivity contribution is 0.259. The second kappa shape index (κ2) is 10.9. The number of aliphatic imine (C=N–C) groups is 1. The number of rotatable bonds is 6. The van der Waals surface area contributed by atoms with Crippen molar-refractivity contribution in [1.29, 1.82) is 0 Å². The summed E-state index contributed by atoms with van der Waals surface area (Å²) in [6.07, 6.45) is 6.67. The molecular formula is C19H25IN8O3S. The van der Waals surface area contributed by atoms with Gasteiger partial charge in [0.05, 0.1) is 5.69 Å². The van der Waals surface area contributed by atoms with Crippen LogP contribution in [0.25, 0.3) is 5.82 Å². The van der Waals surface area contributed by atoms with Crippen LogP contribution in [0.15, 0.2) is 58.6 Å². The SMILES string of the molecule is CN=C(NCc1ccnc(-n2cccn2)c1)N1CCN(S(=O)(=O)Cc2ccon2)CC1.I. The van der Waals surface area contributed by atoms with Gasteiger partial charge in [-0.05, 0) is 23.8 Å². The van der Waals surface area contributed by atoms with E-state index in [9.17, 15) is 8.42 Å². The van der Waals surface area contributed by atoms with Crippen LogP contribution in [0.4, 0.5) is 0 Å². The third kappa shape index (κ3) is 5.83. The Morgan fingerprint density at radius 2 is 2.03 bits per heavy atom. The average Bonchev–Trinajstić information content (AvgIpc) is 3.49. The summed E-state index contributed by atoms with van der Waals surface area (Å²) in [4.78, 5) is 10.7. The van der Waals surface area contributed by atoms with Crippen molar-refractivity contribution in [2.24, 2.45) is 4.99 Å². The zero-order valence-corrected chi connectivity index (χ0v) is 20.7. The fourth-order valence-electron chi connectivity index (χ4n) is 3.38. The third-order valence-corrected chi connectivity index (χ3v) is 6.78. The van der Waals surface area contributed by atoms with Gasteiger partial charge in [0, 0.05) is 64.4 Å². The number of nitrogens with one attached hydrogen (secondary N) is 1. The molecule has 13 heteroatoms. The van der Waals surface area contributed by atoms with E-state index in [0.29, 0.717) is 38.4 Å². The lowest BCUT2D eigenvalue weighted by Gasteiger charge is -2.35. The molecule has 0 aliphatic carbocycles. The fraction of sp³-hybridized carbons (Fsp3) is 0.368. The Hall–Kier alpha value is -2.52. The molecule has 32 heavy (non-hydrogen) atoms. The molecule has 0 aromatic carbocycles. The second-order valence-corrected chi connectivity index (χ2v) is 8.98. The molecule has 0 bridgehead atoms. The van der Waals surface area contributed by atoms with E-state index in [0.717, 1.165) is 17.3 Å². The first-order valence-corrected chi connectivity index (χ1v) is 11.4. The molecule has 0 saturated carbocycles. The minimum absolute atomic E-state index is 0. The molecule has 0 atom stereocenters. The molecule has 0 radical (unpaired) electrons. The summed E-state index contributed by atoms with van der Waals surface area (Å²) < 4.78 is 33.1. The van der Waals surface area contributed by atoms with Gasteiger partial charge >= 0.3 is 0 Å². The number of nitrogens with zero attached hydrogens (tertiary/aromatic N) is 7. The van der Waals surface area contributed by atoms with Gasteiger partial charge in [0.25, 0.3) is 0 Å². The van der Waals surface area contributed by atoms with Crippen LogP contribution in [-0.2, 0) is 22.3 Å². The Kier molecular flexibility index (Phi) is 8.20. The minimum Gasteiger partial charge on any atom is -0.364 e. The lowest BCUT2D eigenvalue weighted by Crippen LogP contribution is -2.53. The number of hydrogen-bond acceptors (Lipinski definition) is 7. The fourth-order valence-corrected chi connectivity index (χ4v) is 4.81. The highest BCUT2D eigenvalue weighted by Gasteiger charge is 2.28. The minimum atomic E-state index is -3.44. The molecule has 1 N–H and O–H groups in total. The maximum Gasteiger partial charge on any atom is 0.220 e. The Morgan fingerprint density at radius 3 is 2.69 bits per heavy atom. The van der Waals surface area contributed by atoms with Gasteiger partial charge < -0.3 is 14.7 Å². The van der Waals surface area contributed by atoms with Crippen LogP contribution in [0.3, 0.4) is 0 Å². The number of aromatic nitrogens is 4. The Balaban J connectivity index is 0.00000289. The monoisotopic (exact) mass is 572 g/mol. The second-order valence-electron chi connectivity index (χ2n) is 7.01. The maximum absolute atomic E-state index is 12.6. The highest BCUT2D eigenvalue weighted by atomic mass is 127. The maximum atomic E-state index is 12.6. The molecule has 0 unspecified atom stereocenters. The first kappa shape index (κ1) is 24.1. The molecule has 1 saturated heterocycles. The number of hydrogen-bond donors (Lipinski definition) is 1. The summed E-state index contributed by atoms with van der Waals surface area (Å²) >= 11 is 0. The quantitative estimate of drug-likeness (QED) is 0.265. The molecule has 4 rings (SSSR count). The van der Waals surface area contributed by atoms with Crippen LogP contribution >= 0.6 is 24.0 Å². The van der Waals surface area contributed by atoms with E-state index in [-0.39, 0.29) is 29.7 Å². The summed E-state index contributed by atoms with van der Waals surface area (Å²) in [5, 5.41) is 11.2. The first-order valence-electron chi connectivity index (χ1n) is 9.83. The topological polar surface area (TPSA) is 122 Å². The van der Waals surface area contributed by atoms with Crippen molar-refractivity contribution >= 4 is 40.0 Å². The van der Waals surface area contributed by atoms with Gasteiger partial charge in [0.1, 0.15) is 12.0 Å². The summed E-state index contributed by atoms with van der Waals surface area (Å²) in [6, 6.07) is 7.31. The van der Waals surface area contributed by atoms with Crippen molar-refractivity contribution in [3.05, 3.63) is 60.4 Å². The summed E-state index contributed by atoms with van der Waals surface area (Å²) in [6.45, 7) is 2.44. The predicted octanol–water partition coefficient (Wildman–Crippen LogP) is 1.10. The Labute approximate surface area is 203 Å². The molecule has 0 spiro atoms. The molecule has 1 fully saturated rings. The molecule has 3 aromatic rings. The highest BCUT2D eigenvalue weighted by Crippen LogP contribution is 2.13. The van der Waals surface area contributed by atoms with Crippen molar-refractivity contribution < 1.29 is 12.9 Å². The smallest absolute Gasteiger partial charge is 0.220 e. The van der Waals surface area contributed by atoms with Crippen LogP contribution in [0.5, 0.6) is 0 Å². The van der Waals surface area contributed by atoms with Crippen molar-refractivity contribution in [2.75, 3.05) is 33.2 Å². The van der Waals surface area contributed by atoms with Crippen LogP contribution in [0.2, 0.25) is 0 Å². The number of guanidine groups is 1. The molecule has 0 amide bonds. The zero-order chi connectivity index (χ0) is 21.7. The van der Waals surface area contributed by atoms with Crippen molar-refractivity contribution in [3.63, 3.8) is 0 Å². The van der Waals surface area contributed by atoms with Crippen molar-refractivity contribution in [1.82, 2.24) is 34.4 Å². The standard InChI is InChI=1S/C19H24N8O3S.HI/c1-20-19(22-14-16-3-6-21-18(13-16)27-7-2-5-23-27)25-8-10-26(11-9-25)31(28,29)15-17-4-12-30-24-17;/h2-7,12-13H,8-11,14-15H2,1H3,(H,20,22);1H. The van der Waals surface area contributed by atoms with Gasteiger partial charge in [-0.15, -0.1) is 24.0 Å². The van der Waals surface area contributed by atoms with Gasteiger partial charge in [0.2, 0.25) is 10.0 Å². The van der Waals surface area contributed by atoms with Crippen LogP contribution < -0.4 is 5.32 Å². The lowest BCUT2D eigenvalue weighted by atomic mass is 10.2. The Morgan fingerprint density at radius 1 is 1.22 bits per heavy atom. The molecular weight excluding hydrogens is 547 g/mol. The number of pyridine rings is 1. The summed E-state index contributed by atoms with van der Waals surface area (Å²) in [5.74, 6) is 1.31. The Bertz CT molecular complexity index is 1110.